The zero-order chi connectivity index (χ0) is 49.8. The average molecular weight is 1320 g/mol. The van der Waals surface area contributed by atoms with Crippen LogP contribution in [-0.2, 0) is 40.2 Å². The van der Waals surface area contributed by atoms with Crippen molar-refractivity contribution in [2.75, 3.05) is 43.5 Å². The van der Waals surface area contributed by atoms with Gasteiger partial charge >= 0.3 is 40.2 Å². The van der Waals surface area contributed by atoms with Crippen LogP contribution in [0.25, 0.3) is 0 Å². The summed E-state index contributed by atoms with van der Waals surface area (Å²) in [6.07, 6.45) is 11.9. The zero-order valence-electron chi connectivity index (χ0n) is 42.3. The van der Waals surface area contributed by atoms with E-state index in [1.165, 1.54) is 56.4 Å². The van der Waals surface area contributed by atoms with Gasteiger partial charge in [0.2, 0.25) is 0 Å². The second kappa shape index (κ2) is 26.2. The standard InChI is InChI=1S/2C17H16BN2.2C14H12N2.2Ir/c2*1-14-6-5-7-15(2)17(14)20-12-9-18(10-13-20)16-8-3-4-11-19-16;2*1-15-11-16(12-7-3-2-4-8-12)14-10-6-5-9-13(14)15;;/h2*3-9,11-13H,1-2H3;2*2-7,9-11H,1H3;;/q2*-1;2*-2;2*+3. The molecule has 74 heavy (non-hydrogen) atoms. The molecule has 0 N–H and O–H groups in total. The van der Waals surface area contributed by atoms with Crippen LogP contribution in [0.1, 0.15) is 22.3 Å². The number of para-hydroxylation sites is 8. The van der Waals surface area contributed by atoms with Gasteiger partial charge in [0, 0.05) is 46.5 Å². The topological polar surface area (TPSA) is 45.2 Å². The van der Waals surface area contributed by atoms with Gasteiger partial charge in [-0.05, 0) is 124 Å². The molecule has 0 amide bonds. The predicted molar refractivity (Wildman–Crippen MR) is 303 cm³/mol. The molecule has 4 aliphatic rings. The fraction of sp³-hybridized carbons (Fsp3) is 0.0968. The Morgan fingerprint density at radius 3 is 1.11 bits per heavy atom. The number of fused-ring (bicyclic) bond motifs is 2. The molecule has 12 rings (SSSR count). The summed E-state index contributed by atoms with van der Waals surface area (Å²) < 4.78 is 0. The molecule has 0 fully saturated rings. The maximum atomic E-state index is 4.38. The quantitative estimate of drug-likeness (QED) is 0.121. The summed E-state index contributed by atoms with van der Waals surface area (Å²) in [5.41, 5.74) is 16.6. The van der Waals surface area contributed by atoms with Gasteiger partial charge < -0.3 is 41.4 Å². The summed E-state index contributed by atoms with van der Waals surface area (Å²) in [7, 11) is 4.11. The first-order chi connectivity index (χ1) is 35.2. The van der Waals surface area contributed by atoms with E-state index in [4.69, 9.17) is 0 Å². The number of aromatic nitrogens is 2. The maximum Gasteiger partial charge on any atom is 3.00 e. The molecule has 0 spiro atoms. The summed E-state index contributed by atoms with van der Waals surface area (Å²) in [5.74, 6) is 11.0. The van der Waals surface area contributed by atoms with Crippen molar-refractivity contribution in [2.24, 2.45) is 0 Å². The molecular weight excluding hydrogens is 1260 g/mol. The van der Waals surface area contributed by atoms with E-state index >= 15 is 0 Å². The molecule has 0 saturated heterocycles. The number of hydrogen-bond donors (Lipinski definition) is 0. The minimum atomic E-state index is 0. The Bertz CT molecular complexity index is 2890. The first kappa shape index (κ1) is 54.6. The minimum absolute atomic E-state index is 0. The molecule has 6 aromatic carbocycles. The van der Waals surface area contributed by atoms with Crippen molar-refractivity contribution < 1.29 is 40.2 Å². The Morgan fingerprint density at radius 1 is 0.419 bits per heavy atom. The molecule has 12 heteroatoms. The number of nitrogens with zero attached hydrogens (tertiary/aromatic N) is 8. The van der Waals surface area contributed by atoms with Crippen molar-refractivity contribution in [1.29, 1.82) is 0 Å². The first-order valence-electron chi connectivity index (χ1n) is 24.2. The van der Waals surface area contributed by atoms with E-state index in [1.54, 1.807) is 0 Å². The van der Waals surface area contributed by atoms with Gasteiger partial charge in [-0.3, -0.25) is 9.97 Å². The van der Waals surface area contributed by atoms with Crippen molar-refractivity contribution in [3.05, 3.63) is 279 Å². The molecule has 8 nitrogen and oxygen atoms in total. The van der Waals surface area contributed by atoms with Crippen molar-refractivity contribution in [2.45, 2.75) is 27.7 Å². The minimum Gasteiger partial charge on any atom is -0.504 e. The van der Waals surface area contributed by atoms with E-state index in [2.05, 4.69) is 240 Å². The van der Waals surface area contributed by atoms with E-state index < -0.39 is 0 Å². The van der Waals surface area contributed by atoms with Crippen molar-refractivity contribution in [1.82, 2.24) is 9.97 Å². The fourth-order valence-electron chi connectivity index (χ4n) is 9.05. The molecule has 0 unspecified atom stereocenters. The zero-order valence-corrected chi connectivity index (χ0v) is 47.1. The molecule has 0 aliphatic carbocycles. The van der Waals surface area contributed by atoms with Crippen molar-refractivity contribution >= 4 is 70.1 Å². The number of rotatable bonds is 6. The number of aryl methyl sites for hydroxylation is 4. The number of anilines is 8. The monoisotopic (exact) mass is 1320 g/mol. The Hall–Kier alpha value is -7.19. The van der Waals surface area contributed by atoms with Gasteiger partial charge in [-0.1, -0.05) is 84.9 Å². The van der Waals surface area contributed by atoms with Crippen LogP contribution in [0.15, 0.2) is 219 Å². The van der Waals surface area contributed by atoms with Crippen molar-refractivity contribution in [3.8, 4) is 0 Å². The molecule has 6 heterocycles. The summed E-state index contributed by atoms with van der Waals surface area (Å²) >= 11 is 0. The van der Waals surface area contributed by atoms with Gasteiger partial charge in [-0.25, -0.2) is 0 Å². The molecule has 0 saturated carbocycles. The van der Waals surface area contributed by atoms with Crippen LogP contribution in [0, 0.1) is 65.1 Å². The molecule has 0 atom stereocenters. The van der Waals surface area contributed by atoms with E-state index in [1.807, 2.05) is 97.6 Å². The SMILES string of the molecule is CN1[CH-]N(c2[c-]cccc2)c2ccccc21.CN1[CH-]N(c2[c-]cccc2)c2ccccc21.Cc1cccc(C)c1N1C=[C-]B(c2ccccn2)C=C1.Cc1cccc(C)c1N1C=[C-]B(c2ccccn2)C=C1.[Ir+3].[Ir+3]. The summed E-state index contributed by atoms with van der Waals surface area (Å²) in [5, 5.41) is 0. The maximum absolute atomic E-state index is 4.38. The van der Waals surface area contributed by atoms with Gasteiger partial charge in [0.25, 0.3) is 0 Å². The molecule has 0 radical (unpaired) electrons. The van der Waals surface area contributed by atoms with Gasteiger partial charge in [-0.2, -0.15) is 86.4 Å². The fourth-order valence-corrected chi connectivity index (χ4v) is 9.05. The molecule has 368 valence electrons. The first-order valence-corrected chi connectivity index (χ1v) is 24.2. The molecule has 0 bridgehead atoms. The van der Waals surface area contributed by atoms with Crippen LogP contribution < -0.4 is 40.6 Å². The molecule has 4 aliphatic heterocycles. The second-order valence-corrected chi connectivity index (χ2v) is 17.7. The van der Waals surface area contributed by atoms with Crippen LogP contribution >= 0.6 is 0 Å². The van der Waals surface area contributed by atoms with Gasteiger partial charge in [0.15, 0.2) is 0 Å². The third kappa shape index (κ3) is 12.9. The van der Waals surface area contributed by atoms with Crippen LogP contribution in [0.2, 0.25) is 0 Å². The average Bonchev–Trinajstić information content (AvgIpc) is 3.96. The molecule has 2 aromatic heterocycles. The Kier molecular flexibility index (Phi) is 19.3. The van der Waals surface area contributed by atoms with Crippen LogP contribution in [0.4, 0.5) is 45.5 Å². The number of hydrogen-bond acceptors (Lipinski definition) is 8. The third-order valence-electron chi connectivity index (χ3n) is 12.6. The van der Waals surface area contributed by atoms with E-state index in [9.17, 15) is 0 Å². The number of pyridine rings is 2. The second-order valence-electron chi connectivity index (χ2n) is 17.7. The van der Waals surface area contributed by atoms with Crippen molar-refractivity contribution in [3.63, 3.8) is 0 Å². The van der Waals surface area contributed by atoms with E-state index in [0.717, 1.165) is 22.6 Å². The van der Waals surface area contributed by atoms with Crippen LogP contribution in [0.5, 0.6) is 0 Å². The van der Waals surface area contributed by atoms with Gasteiger partial charge in [-0.15, -0.1) is 23.3 Å². The summed E-state index contributed by atoms with van der Waals surface area (Å²) in [6, 6.07) is 63.9. The predicted octanol–water partition coefficient (Wildman–Crippen LogP) is 12.0. The smallest absolute Gasteiger partial charge is 0.504 e. The Labute approximate surface area is 467 Å². The van der Waals surface area contributed by atoms with E-state index in [0.29, 0.717) is 0 Å². The molecular formula is C62H56B2Ir2N8. The largest absolute Gasteiger partial charge is 3.00 e. The van der Waals surface area contributed by atoms with Crippen LogP contribution in [-0.4, -0.2) is 37.5 Å². The third-order valence-corrected chi connectivity index (χ3v) is 12.6. The van der Waals surface area contributed by atoms with E-state index in [-0.39, 0.29) is 53.6 Å². The van der Waals surface area contributed by atoms with Crippen LogP contribution in [0.3, 0.4) is 0 Å². The molecule has 8 aromatic rings. The summed E-state index contributed by atoms with van der Waals surface area (Å²) in [4.78, 5) is 21.6. The normalized spacial score (nSPS) is 13.6. The Morgan fingerprint density at radius 2 is 0.784 bits per heavy atom. The Balaban J connectivity index is 0.000000144. The number of benzene rings is 6. The summed E-state index contributed by atoms with van der Waals surface area (Å²) in [6.45, 7) is 13.0. The van der Waals surface area contributed by atoms with Gasteiger partial charge in [0.1, 0.15) is 0 Å². The van der Waals surface area contributed by atoms with Gasteiger partial charge in [0.05, 0.1) is 13.4 Å².